The van der Waals surface area contributed by atoms with Crippen molar-refractivity contribution in [3.63, 3.8) is 0 Å². The second kappa shape index (κ2) is 7.98. The summed E-state index contributed by atoms with van der Waals surface area (Å²) in [5.41, 5.74) is 5.94. The summed E-state index contributed by atoms with van der Waals surface area (Å²) in [5, 5.41) is 6.72. The van der Waals surface area contributed by atoms with Gasteiger partial charge in [0.25, 0.3) is 0 Å². The summed E-state index contributed by atoms with van der Waals surface area (Å²) in [5.74, 6) is 2.22. The van der Waals surface area contributed by atoms with E-state index in [2.05, 4.69) is 33.5 Å². The van der Waals surface area contributed by atoms with Crippen LogP contribution in [0.3, 0.4) is 0 Å². The molecule has 2 unspecified atom stereocenters. The van der Waals surface area contributed by atoms with Crippen LogP contribution in [-0.2, 0) is 12.8 Å². The van der Waals surface area contributed by atoms with E-state index in [4.69, 9.17) is 21.1 Å². The van der Waals surface area contributed by atoms with Crippen LogP contribution in [0.15, 0.2) is 42.5 Å². The Hall–Kier alpha value is -2.76. The Morgan fingerprint density at radius 2 is 2.06 bits per heavy atom. The minimum atomic E-state index is -0.0135. The van der Waals surface area contributed by atoms with Crippen molar-refractivity contribution < 1.29 is 9.47 Å². The lowest BCUT2D eigenvalue weighted by Crippen LogP contribution is -2.40. The summed E-state index contributed by atoms with van der Waals surface area (Å²) in [6, 6.07) is 14.2. The number of aryl methyl sites for hydroxylation is 2. The van der Waals surface area contributed by atoms with Gasteiger partial charge in [0.1, 0.15) is 12.7 Å². The topological polar surface area (TPSA) is 59.2 Å². The van der Waals surface area contributed by atoms with Gasteiger partial charge in [-0.25, -0.2) is 0 Å². The number of hydrogen-bond donors (Lipinski definition) is 2. The Labute approximate surface area is 192 Å². The molecule has 0 saturated carbocycles. The Morgan fingerprint density at radius 3 is 3.00 bits per heavy atom. The van der Waals surface area contributed by atoms with Gasteiger partial charge in [0.2, 0.25) is 0 Å². The summed E-state index contributed by atoms with van der Waals surface area (Å²) < 4.78 is 12.3. The number of ether oxygens (including phenoxy) is 2. The number of pyridine rings is 1. The van der Waals surface area contributed by atoms with Crippen LogP contribution in [0.4, 0.5) is 0 Å². The fourth-order valence-corrected chi connectivity index (χ4v) is 5.23. The lowest BCUT2D eigenvalue weighted by Gasteiger charge is -2.29. The molecular formula is C26H26ClN3O2. The first-order valence-corrected chi connectivity index (χ1v) is 11.7. The Balaban J connectivity index is 1.10. The maximum Gasteiger partial charge on any atom is 0.171 e. The third-order valence-electron chi connectivity index (χ3n) is 6.69. The van der Waals surface area contributed by atoms with Crippen molar-refractivity contribution >= 4 is 33.4 Å². The zero-order valence-electron chi connectivity index (χ0n) is 18.1. The average molecular weight is 448 g/mol. The molecule has 0 fully saturated rings. The smallest absolute Gasteiger partial charge is 0.171 e. The van der Waals surface area contributed by atoms with Crippen LogP contribution in [0, 0.1) is 12.8 Å². The van der Waals surface area contributed by atoms with Crippen LogP contribution in [0.1, 0.15) is 23.4 Å². The van der Waals surface area contributed by atoms with Gasteiger partial charge in [0, 0.05) is 39.2 Å². The third kappa shape index (κ3) is 3.59. The highest BCUT2D eigenvalue weighted by molar-refractivity contribution is 6.31. The number of nitrogens with zero attached hydrogens (tertiary/aromatic N) is 1. The number of hydrogen-bond acceptors (Lipinski definition) is 4. The van der Waals surface area contributed by atoms with Crippen LogP contribution >= 0.6 is 11.6 Å². The van der Waals surface area contributed by atoms with E-state index in [1.165, 1.54) is 28.6 Å². The molecule has 2 aromatic heterocycles. The summed E-state index contributed by atoms with van der Waals surface area (Å²) in [4.78, 5) is 8.19. The van der Waals surface area contributed by atoms with Crippen LogP contribution in [0.25, 0.3) is 21.8 Å². The van der Waals surface area contributed by atoms with Crippen molar-refractivity contribution in [2.75, 3.05) is 19.7 Å². The molecule has 0 radical (unpaired) electrons. The normalized spacial score (nSPS) is 19.9. The molecule has 164 valence electrons. The average Bonchev–Trinajstić information content (AvgIpc) is 3.16. The monoisotopic (exact) mass is 447 g/mol. The van der Waals surface area contributed by atoms with Crippen molar-refractivity contribution in [3.05, 3.63) is 64.4 Å². The number of aromatic nitrogens is 2. The molecule has 0 saturated heterocycles. The first-order valence-electron chi connectivity index (χ1n) is 11.3. The summed E-state index contributed by atoms with van der Waals surface area (Å²) in [6.45, 7) is 4.29. The fourth-order valence-electron chi connectivity index (χ4n) is 5.06. The van der Waals surface area contributed by atoms with Crippen molar-refractivity contribution in [1.29, 1.82) is 0 Å². The lowest BCUT2D eigenvalue weighted by atomic mass is 9.86. The molecule has 6 rings (SSSR count). The van der Waals surface area contributed by atoms with Gasteiger partial charge >= 0.3 is 0 Å². The Kier molecular flexibility index (Phi) is 4.96. The van der Waals surface area contributed by atoms with Crippen LogP contribution in [-0.4, -0.2) is 35.8 Å². The highest BCUT2D eigenvalue weighted by Gasteiger charge is 2.25. The molecule has 2 aromatic carbocycles. The molecule has 1 aliphatic carbocycles. The van der Waals surface area contributed by atoms with Crippen LogP contribution in [0.5, 0.6) is 11.5 Å². The van der Waals surface area contributed by atoms with Crippen LogP contribution in [0.2, 0.25) is 5.02 Å². The van der Waals surface area contributed by atoms with Gasteiger partial charge in [-0.1, -0.05) is 11.6 Å². The number of aromatic amines is 1. The second-order valence-electron chi connectivity index (χ2n) is 9.00. The molecule has 0 amide bonds. The highest BCUT2D eigenvalue weighted by Crippen LogP contribution is 2.38. The van der Waals surface area contributed by atoms with Gasteiger partial charge in [0.15, 0.2) is 11.5 Å². The largest absolute Gasteiger partial charge is 0.486 e. The predicted molar refractivity (Wildman–Crippen MR) is 128 cm³/mol. The van der Waals surface area contributed by atoms with E-state index in [9.17, 15) is 0 Å². The van der Waals surface area contributed by atoms with Crippen molar-refractivity contribution in [2.45, 2.75) is 32.3 Å². The number of rotatable bonds is 4. The Bertz CT molecular complexity index is 1320. The zero-order chi connectivity index (χ0) is 21.7. The molecule has 6 heteroatoms. The number of H-pyrrole nitrogens is 1. The van der Waals surface area contributed by atoms with E-state index in [-0.39, 0.29) is 6.10 Å². The molecule has 1 aliphatic heterocycles. The molecule has 3 heterocycles. The quantitative estimate of drug-likeness (QED) is 0.450. The molecule has 32 heavy (non-hydrogen) atoms. The van der Waals surface area contributed by atoms with Gasteiger partial charge in [-0.2, -0.15) is 0 Å². The van der Waals surface area contributed by atoms with E-state index in [0.717, 1.165) is 59.0 Å². The maximum absolute atomic E-state index is 6.34. The molecule has 0 bridgehead atoms. The fraction of sp³-hybridized carbons (Fsp3) is 0.346. The molecular weight excluding hydrogens is 422 g/mol. The van der Waals surface area contributed by atoms with Crippen molar-refractivity contribution in [3.8, 4) is 11.5 Å². The van der Waals surface area contributed by atoms with Gasteiger partial charge in [0.05, 0.1) is 5.52 Å². The minimum Gasteiger partial charge on any atom is -0.486 e. The summed E-state index contributed by atoms with van der Waals surface area (Å²) in [7, 11) is 0. The number of fused-ring (bicyclic) bond motifs is 6. The highest BCUT2D eigenvalue weighted by atomic mass is 35.5. The van der Waals surface area contributed by atoms with E-state index in [1.54, 1.807) is 0 Å². The molecule has 5 nitrogen and oxygen atoms in total. The molecule has 4 aromatic rings. The SMILES string of the molecule is Cc1ccc2c3c(ccc2n1)OCC(CNCC1CCc2[nH]c4ccc(Cl)cc4c2C1)O3. The summed E-state index contributed by atoms with van der Waals surface area (Å²) in [6.07, 6.45) is 3.33. The lowest BCUT2D eigenvalue weighted by molar-refractivity contribution is 0.0915. The predicted octanol–water partition coefficient (Wildman–Crippen LogP) is 5.21. The van der Waals surface area contributed by atoms with Gasteiger partial charge in [-0.15, -0.1) is 0 Å². The molecule has 2 aliphatic rings. The molecule has 0 spiro atoms. The van der Waals surface area contributed by atoms with Gasteiger partial charge in [-0.05, 0) is 86.7 Å². The number of benzene rings is 2. The number of nitrogens with one attached hydrogen (secondary N) is 2. The Morgan fingerprint density at radius 1 is 1.12 bits per heavy atom. The van der Waals surface area contributed by atoms with Crippen molar-refractivity contribution in [2.24, 2.45) is 5.92 Å². The van der Waals surface area contributed by atoms with E-state index < -0.39 is 0 Å². The van der Waals surface area contributed by atoms with E-state index in [1.807, 2.05) is 31.2 Å². The summed E-state index contributed by atoms with van der Waals surface area (Å²) >= 11 is 6.25. The minimum absolute atomic E-state index is 0.0135. The van der Waals surface area contributed by atoms with E-state index in [0.29, 0.717) is 12.5 Å². The van der Waals surface area contributed by atoms with Crippen molar-refractivity contribution in [1.82, 2.24) is 15.3 Å². The third-order valence-corrected chi connectivity index (χ3v) is 6.93. The first-order chi connectivity index (χ1) is 15.6. The number of halogens is 1. The standard InChI is InChI=1S/C26H26ClN3O2/c1-15-2-5-19-22(29-15)8-9-25-26(19)32-18(14-31-25)13-28-12-16-3-6-23-20(10-16)21-11-17(27)4-7-24(21)30-23/h2,4-5,7-9,11,16,18,28,30H,3,6,10,12-14H2,1H3. The van der Waals surface area contributed by atoms with Gasteiger partial charge in [-0.3, -0.25) is 4.98 Å². The van der Waals surface area contributed by atoms with E-state index >= 15 is 0 Å². The maximum atomic E-state index is 6.34. The van der Waals surface area contributed by atoms with Crippen LogP contribution < -0.4 is 14.8 Å². The molecule has 2 atom stereocenters. The second-order valence-corrected chi connectivity index (χ2v) is 9.44. The first kappa shape index (κ1) is 19.9. The molecule has 2 N–H and O–H groups in total. The zero-order valence-corrected chi connectivity index (χ0v) is 18.8. The van der Waals surface area contributed by atoms with Gasteiger partial charge < -0.3 is 19.8 Å².